The first kappa shape index (κ1) is 17.8. The van der Waals surface area contributed by atoms with Crippen molar-refractivity contribution in [2.24, 2.45) is 0 Å². The van der Waals surface area contributed by atoms with Gasteiger partial charge in [0.2, 0.25) is 0 Å². The molecular formula is C20H14F3N5. The average molecular weight is 381 g/mol. The van der Waals surface area contributed by atoms with E-state index in [0.717, 1.165) is 29.4 Å². The van der Waals surface area contributed by atoms with Crippen LogP contribution in [0.1, 0.15) is 11.3 Å². The number of pyridine rings is 2. The molecule has 0 atom stereocenters. The van der Waals surface area contributed by atoms with E-state index in [-0.39, 0.29) is 5.69 Å². The van der Waals surface area contributed by atoms with Crippen molar-refractivity contribution >= 4 is 16.7 Å². The van der Waals surface area contributed by atoms with Crippen LogP contribution in [0.5, 0.6) is 0 Å². The number of hydrogen-bond acceptors (Lipinski definition) is 5. The summed E-state index contributed by atoms with van der Waals surface area (Å²) in [5.74, 6) is 0.609. The van der Waals surface area contributed by atoms with E-state index < -0.39 is 11.7 Å². The molecule has 0 saturated carbocycles. The molecule has 0 bridgehead atoms. The minimum Gasteiger partial charge on any atom is -0.363 e. The second-order valence-corrected chi connectivity index (χ2v) is 6.05. The Morgan fingerprint density at radius 1 is 0.929 bits per heavy atom. The van der Waals surface area contributed by atoms with Gasteiger partial charge in [-0.15, -0.1) is 0 Å². The maximum absolute atomic E-state index is 13.1. The highest BCUT2D eigenvalue weighted by Crippen LogP contribution is 2.33. The van der Waals surface area contributed by atoms with Crippen LogP contribution in [0.15, 0.2) is 67.3 Å². The molecule has 28 heavy (non-hydrogen) atoms. The number of halogens is 3. The molecule has 3 heterocycles. The van der Waals surface area contributed by atoms with Gasteiger partial charge in [-0.1, -0.05) is 24.3 Å². The SMILES string of the molecule is FC(F)(F)c1ccnc(-c2cccc3ccc(CNc4cnccn4)nc23)c1. The normalized spacial score (nSPS) is 11.5. The van der Waals surface area contributed by atoms with Crippen molar-refractivity contribution in [2.45, 2.75) is 12.7 Å². The minimum absolute atomic E-state index is 0.229. The molecule has 0 aliphatic carbocycles. The third-order valence-electron chi connectivity index (χ3n) is 4.15. The molecule has 140 valence electrons. The van der Waals surface area contributed by atoms with Gasteiger partial charge in [-0.3, -0.25) is 15.0 Å². The summed E-state index contributed by atoms with van der Waals surface area (Å²) < 4.78 is 39.2. The molecule has 0 radical (unpaired) electrons. The summed E-state index contributed by atoms with van der Waals surface area (Å²) in [6.45, 7) is 0.402. The van der Waals surface area contributed by atoms with Crippen LogP contribution in [0, 0.1) is 0 Å². The van der Waals surface area contributed by atoms with Gasteiger partial charge in [-0.25, -0.2) is 4.98 Å². The van der Waals surface area contributed by atoms with Crippen molar-refractivity contribution in [1.82, 2.24) is 19.9 Å². The number of nitrogens with one attached hydrogen (secondary N) is 1. The largest absolute Gasteiger partial charge is 0.416 e. The number of rotatable bonds is 4. The zero-order chi connectivity index (χ0) is 19.6. The van der Waals surface area contributed by atoms with E-state index in [4.69, 9.17) is 0 Å². The molecule has 0 aliphatic heterocycles. The van der Waals surface area contributed by atoms with Crippen LogP contribution in [-0.2, 0) is 12.7 Å². The molecular weight excluding hydrogens is 367 g/mol. The first-order valence-corrected chi connectivity index (χ1v) is 8.43. The van der Waals surface area contributed by atoms with Crippen LogP contribution in [0.3, 0.4) is 0 Å². The Kier molecular flexibility index (Phi) is 4.60. The highest BCUT2D eigenvalue weighted by molar-refractivity contribution is 5.92. The Morgan fingerprint density at radius 2 is 1.82 bits per heavy atom. The number of nitrogens with zero attached hydrogens (tertiary/aromatic N) is 4. The molecule has 0 spiro atoms. The fourth-order valence-electron chi connectivity index (χ4n) is 2.82. The van der Waals surface area contributed by atoms with Gasteiger partial charge >= 0.3 is 6.18 Å². The number of benzene rings is 1. The van der Waals surface area contributed by atoms with E-state index in [9.17, 15) is 13.2 Å². The fourth-order valence-corrected chi connectivity index (χ4v) is 2.82. The second-order valence-electron chi connectivity index (χ2n) is 6.05. The van der Waals surface area contributed by atoms with Gasteiger partial charge in [-0.2, -0.15) is 13.2 Å². The molecule has 1 aromatic carbocycles. The topological polar surface area (TPSA) is 63.6 Å². The lowest BCUT2D eigenvalue weighted by Gasteiger charge is -2.11. The highest BCUT2D eigenvalue weighted by atomic mass is 19.4. The van der Waals surface area contributed by atoms with Crippen molar-refractivity contribution in [2.75, 3.05) is 5.32 Å². The second kappa shape index (κ2) is 7.22. The molecule has 3 aromatic heterocycles. The third-order valence-corrected chi connectivity index (χ3v) is 4.15. The summed E-state index contributed by atoms with van der Waals surface area (Å²) in [7, 11) is 0. The van der Waals surface area contributed by atoms with Crippen molar-refractivity contribution in [3.05, 3.63) is 78.5 Å². The lowest BCUT2D eigenvalue weighted by molar-refractivity contribution is -0.137. The Morgan fingerprint density at radius 3 is 2.61 bits per heavy atom. The standard InChI is InChI=1S/C20H14F3N5/c21-20(22,23)14-6-7-25-17(10-14)16-3-1-2-13-4-5-15(28-19(13)16)11-27-18-12-24-8-9-26-18/h1-10,12H,11H2,(H,26,27). The summed E-state index contributed by atoms with van der Waals surface area (Å²) in [4.78, 5) is 16.9. The molecule has 0 unspecified atom stereocenters. The van der Waals surface area contributed by atoms with Gasteiger partial charge in [0.1, 0.15) is 5.82 Å². The number of para-hydroxylation sites is 1. The maximum Gasteiger partial charge on any atom is 0.416 e. The summed E-state index contributed by atoms with van der Waals surface area (Å²) in [6, 6.07) is 11.1. The Bertz CT molecular complexity index is 1110. The van der Waals surface area contributed by atoms with Crippen LogP contribution in [0.4, 0.5) is 19.0 Å². The number of alkyl halides is 3. The fraction of sp³-hybridized carbons (Fsp3) is 0.100. The van der Waals surface area contributed by atoms with Crippen LogP contribution in [-0.4, -0.2) is 19.9 Å². The van der Waals surface area contributed by atoms with E-state index >= 15 is 0 Å². The predicted molar refractivity (Wildman–Crippen MR) is 99.3 cm³/mol. The number of anilines is 1. The maximum atomic E-state index is 13.1. The molecule has 8 heteroatoms. The Labute approximate surface area is 158 Å². The molecule has 0 fully saturated rings. The number of aromatic nitrogens is 4. The zero-order valence-corrected chi connectivity index (χ0v) is 14.5. The van der Waals surface area contributed by atoms with Crippen LogP contribution < -0.4 is 5.32 Å². The van der Waals surface area contributed by atoms with Gasteiger partial charge in [0.25, 0.3) is 0 Å². The summed E-state index contributed by atoms with van der Waals surface area (Å²) in [5.41, 5.74) is 1.34. The van der Waals surface area contributed by atoms with Crippen molar-refractivity contribution in [1.29, 1.82) is 0 Å². The lowest BCUT2D eigenvalue weighted by atomic mass is 10.0. The van der Waals surface area contributed by atoms with Crippen LogP contribution in [0.25, 0.3) is 22.2 Å². The van der Waals surface area contributed by atoms with E-state index in [1.807, 2.05) is 18.2 Å². The van der Waals surface area contributed by atoms with E-state index in [2.05, 4.69) is 25.3 Å². The molecule has 0 saturated heterocycles. The smallest absolute Gasteiger partial charge is 0.363 e. The quantitative estimate of drug-likeness (QED) is 0.554. The summed E-state index contributed by atoms with van der Waals surface area (Å²) in [5, 5.41) is 3.93. The summed E-state index contributed by atoms with van der Waals surface area (Å²) in [6.07, 6.45) is 1.48. The molecule has 0 amide bonds. The predicted octanol–water partition coefficient (Wildman–Crippen LogP) is 4.72. The lowest BCUT2D eigenvalue weighted by Crippen LogP contribution is -2.05. The highest BCUT2D eigenvalue weighted by Gasteiger charge is 2.30. The molecule has 4 aromatic rings. The Balaban J connectivity index is 1.71. The average Bonchev–Trinajstić information content (AvgIpc) is 2.72. The first-order valence-electron chi connectivity index (χ1n) is 8.43. The Hall–Kier alpha value is -3.55. The molecule has 1 N–H and O–H groups in total. The summed E-state index contributed by atoms with van der Waals surface area (Å²) >= 11 is 0. The van der Waals surface area contributed by atoms with Crippen LogP contribution >= 0.6 is 0 Å². The van der Waals surface area contributed by atoms with Gasteiger partial charge in [0.05, 0.1) is 35.2 Å². The number of fused-ring (bicyclic) bond motifs is 1. The van der Waals surface area contributed by atoms with E-state index in [0.29, 0.717) is 23.4 Å². The van der Waals surface area contributed by atoms with Crippen molar-refractivity contribution in [3.8, 4) is 11.3 Å². The first-order chi connectivity index (χ1) is 13.5. The molecule has 5 nitrogen and oxygen atoms in total. The van der Waals surface area contributed by atoms with Gasteiger partial charge in [0, 0.05) is 29.5 Å². The van der Waals surface area contributed by atoms with Crippen molar-refractivity contribution in [3.63, 3.8) is 0 Å². The minimum atomic E-state index is -4.43. The van der Waals surface area contributed by atoms with E-state index in [1.54, 1.807) is 30.7 Å². The molecule has 0 aliphatic rings. The van der Waals surface area contributed by atoms with E-state index in [1.165, 1.54) is 0 Å². The van der Waals surface area contributed by atoms with Crippen LogP contribution in [0.2, 0.25) is 0 Å². The zero-order valence-electron chi connectivity index (χ0n) is 14.5. The van der Waals surface area contributed by atoms with Gasteiger partial charge in [-0.05, 0) is 18.2 Å². The van der Waals surface area contributed by atoms with Gasteiger partial charge < -0.3 is 5.32 Å². The van der Waals surface area contributed by atoms with Gasteiger partial charge in [0.15, 0.2) is 0 Å². The molecule has 4 rings (SSSR count). The third kappa shape index (κ3) is 3.75. The van der Waals surface area contributed by atoms with Crippen molar-refractivity contribution < 1.29 is 13.2 Å². The number of hydrogen-bond donors (Lipinski definition) is 1. The monoisotopic (exact) mass is 381 g/mol.